The Balaban J connectivity index is 1.37. The number of pyridine rings is 1. The van der Waals surface area contributed by atoms with Crippen molar-refractivity contribution in [2.75, 3.05) is 25.5 Å². The minimum Gasteiger partial charge on any atom is -0.495 e. The van der Waals surface area contributed by atoms with Crippen molar-refractivity contribution in [3.63, 3.8) is 0 Å². The largest absolute Gasteiger partial charge is 0.495 e. The molecule has 5 rings (SSSR count). The van der Waals surface area contributed by atoms with Crippen molar-refractivity contribution in [1.29, 1.82) is 0 Å². The van der Waals surface area contributed by atoms with Gasteiger partial charge in [-0.3, -0.25) is 14.7 Å². The number of nitrogens with one attached hydrogen (secondary N) is 2. The van der Waals surface area contributed by atoms with E-state index in [-0.39, 0.29) is 30.3 Å². The monoisotopic (exact) mass is 448 g/mol. The fraction of sp³-hybridized carbons (Fsp3) is 0.435. The second-order valence-electron chi connectivity index (χ2n) is 8.83. The van der Waals surface area contributed by atoms with Gasteiger partial charge in [0.15, 0.2) is 5.82 Å². The Morgan fingerprint density at radius 1 is 1.36 bits per heavy atom. The van der Waals surface area contributed by atoms with Crippen LogP contribution < -0.4 is 15.8 Å². The maximum Gasteiger partial charge on any atom is 0.232 e. The SMILES string of the molecule is COc1cc2c(cc1NC(=O)Cc1nn[nH]n1)CCN1C[C@H](c3cc(C)ccn3)[C@@H](N)C[C@@H]21. The third-order valence-corrected chi connectivity index (χ3v) is 6.67. The number of aromatic amines is 1. The molecule has 0 bridgehead atoms. The number of H-pyrrole nitrogens is 1. The molecule has 4 N–H and O–H groups in total. The Hall–Kier alpha value is -3.37. The van der Waals surface area contributed by atoms with Gasteiger partial charge in [-0.25, -0.2) is 0 Å². The number of aromatic nitrogens is 5. The number of tetrazole rings is 1. The number of benzene rings is 1. The normalized spacial score (nSPS) is 22.3. The van der Waals surface area contributed by atoms with Gasteiger partial charge in [0, 0.05) is 43.0 Å². The lowest BCUT2D eigenvalue weighted by atomic mass is 9.79. The summed E-state index contributed by atoms with van der Waals surface area (Å²) in [5.74, 6) is 0.968. The molecule has 4 heterocycles. The molecule has 172 valence electrons. The topological polar surface area (TPSA) is 135 Å². The molecule has 0 spiro atoms. The molecule has 1 saturated heterocycles. The van der Waals surface area contributed by atoms with E-state index in [1.54, 1.807) is 7.11 Å². The van der Waals surface area contributed by atoms with Crippen LogP contribution in [0.3, 0.4) is 0 Å². The van der Waals surface area contributed by atoms with Gasteiger partial charge in [-0.15, -0.1) is 10.2 Å². The van der Waals surface area contributed by atoms with E-state index in [1.807, 2.05) is 24.4 Å². The van der Waals surface area contributed by atoms with Crippen LogP contribution in [0.2, 0.25) is 0 Å². The van der Waals surface area contributed by atoms with Crippen LogP contribution in [-0.2, 0) is 17.6 Å². The molecule has 33 heavy (non-hydrogen) atoms. The summed E-state index contributed by atoms with van der Waals surface area (Å²) in [5.41, 5.74) is 12.0. The molecule has 3 aromatic rings. The predicted molar refractivity (Wildman–Crippen MR) is 122 cm³/mol. The standard InChI is InChI=1S/C23H28N8O2/c1-13-3-5-25-18(7-13)16-12-31-6-4-14-8-19(26-23(32)11-22-27-29-30-28-22)21(33-2)9-15(14)20(31)10-17(16)24/h3,5,7-9,16-17,20H,4,6,10-12,24H2,1-2H3,(H,26,32)(H,27,28,29,30)/t16-,17-,20-/m0/s1. The molecule has 10 nitrogen and oxygen atoms in total. The highest BCUT2D eigenvalue weighted by atomic mass is 16.5. The quantitative estimate of drug-likeness (QED) is 0.535. The van der Waals surface area contributed by atoms with Crippen molar-refractivity contribution in [3.05, 3.63) is 58.7 Å². The molecule has 0 aliphatic carbocycles. The zero-order valence-electron chi connectivity index (χ0n) is 18.8. The summed E-state index contributed by atoms with van der Waals surface area (Å²) in [4.78, 5) is 19.6. The molecule has 1 amide bonds. The van der Waals surface area contributed by atoms with Gasteiger partial charge >= 0.3 is 0 Å². The second-order valence-corrected chi connectivity index (χ2v) is 8.83. The number of carbonyl (C=O) groups excluding carboxylic acids is 1. The number of piperidine rings is 1. The molecule has 0 unspecified atom stereocenters. The summed E-state index contributed by atoms with van der Waals surface area (Å²) in [6.07, 6.45) is 3.65. The first kappa shape index (κ1) is 21.5. The average molecular weight is 449 g/mol. The third-order valence-electron chi connectivity index (χ3n) is 6.67. The van der Waals surface area contributed by atoms with Crippen molar-refractivity contribution in [2.24, 2.45) is 5.73 Å². The summed E-state index contributed by atoms with van der Waals surface area (Å²) in [7, 11) is 1.61. The van der Waals surface area contributed by atoms with Crippen LogP contribution in [0, 0.1) is 6.92 Å². The first-order chi connectivity index (χ1) is 16.0. The van der Waals surface area contributed by atoms with E-state index < -0.39 is 0 Å². The van der Waals surface area contributed by atoms with E-state index in [0.717, 1.165) is 31.6 Å². The number of rotatable bonds is 5. The van der Waals surface area contributed by atoms with E-state index >= 15 is 0 Å². The van der Waals surface area contributed by atoms with Crippen LogP contribution in [0.4, 0.5) is 5.69 Å². The highest BCUT2D eigenvalue weighted by Crippen LogP contribution is 2.43. The lowest BCUT2D eigenvalue weighted by molar-refractivity contribution is -0.115. The Bertz CT molecular complexity index is 1150. The van der Waals surface area contributed by atoms with E-state index in [1.165, 1.54) is 16.7 Å². The van der Waals surface area contributed by atoms with Crippen LogP contribution in [0.5, 0.6) is 5.75 Å². The van der Waals surface area contributed by atoms with Crippen LogP contribution in [0.15, 0.2) is 30.5 Å². The minimum atomic E-state index is -0.222. The van der Waals surface area contributed by atoms with Gasteiger partial charge in [-0.2, -0.15) is 5.21 Å². The molecule has 2 aliphatic heterocycles. The highest BCUT2D eigenvalue weighted by molar-refractivity contribution is 5.93. The van der Waals surface area contributed by atoms with Crippen molar-refractivity contribution in [2.45, 2.75) is 44.2 Å². The van der Waals surface area contributed by atoms with Crippen molar-refractivity contribution < 1.29 is 9.53 Å². The molecule has 0 radical (unpaired) electrons. The predicted octanol–water partition coefficient (Wildman–Crippen LogP) is 1.51. The molecular weight excluding hydrogens is 420 g/mol. The third kappa shape index (κ3) is 4.31. The fourth-order valence-corrected chi connectivity index (χ4v) is 5.03. The number of fused-ring (bicyclic) bond motifs is 3. The molecule has 2 aliphatic rings. The van der Waals surface area contributed by atoms with E-state index in [2.05, 4.69) is 48.8 Å². The van der Waals surface area contributed by atoms with Gasteiger partial charge in [0.2, 0.25) is 5.91 Å². The minimum absolute atomic E-state index is 0.0202. The number of ether oxygens (including phenoxy) is 1. The fourth-order valence-electron chi connectivity index (χ4n) is 5.03. The number of hydrogen-bond donors (Lipinski definition) is 3. The van der Waals surface area contributed by atoms with Crippen molar-refractivity contribution >= 4 is 11.6 Å². The zero-order chi connectivity index (χ0) is 22.9. The lowest BCUT2D eigenvalue weighted by Gasteiger charge is -2.46. The molecule has 0 saturated carbocycles. The maximum absolute atomic E-state index is 12.5. The Morgan fingerprint density at radius 2 is 2.24 bits per heavy atom. The number of aryl methyl sites for hydroxylation is 1. The number of nitrogens with zero attached hydrogens (tertiary/aromatic N) is 5. The smallest absolute Gasteiger partial charge is 0.232 e. The second kappa shape index (κ2) is 8.87. The summed E-state index contributed by atoms with van der Waals surface area (Å²) in [6, 6.07) is 8.49. The molecule has 2 aromatic heterocycles. The molecular formula is C23H28N8O2. The van der Waals surface area contributed by atoms with Crippen LogP contribution in [0.25, 0.3) is 0 Å². The van der Waals surface area contributed by atoms with Crippen molar-refractivity contribution in [3.8, 4) is 5.75 Å². The van der Waals surface area contributed by atoms with Crippen LogP contribution in [0.1, 0.15) is 46.6 Å². The average Bonchev–Trinajstić information content (AvgIpc) is 3.31. The molecule has 1 aromatic carbocycles. The first-order valence-corrected chi connectivity index (χ1v) is 11.2. The number of carbonyl (C=O) groups is 1. The van der Waals surface area contributed by atoms with E-state index in [9.17, 15) is 4.79 Å². The van der Waals surface area contributed by atoms with Crippen LogP contribution >= 0.6 is 0 Å². The number of nitrogens with two attached hydrogens (primary N) is 1. The first-order valence-electron chi connectivity index (χ1n) is 11.2. The van der Waals surface area contributed by atoms with Gasteiger partial charge in [0.05, 0.1) is 19.2 Å². The number of amides is 1. The van der Waals surface area contributed by atoms with Crippen molar-refractivity contribution in [1.82, 2.24) is 30.5 Å². The molecule has 10 heteroatoms. The Labute approximate surface area is 191 Å². The van der Waals surface area contributed by atoms with Crippen LogP contribution in [-0.4, -0.2) is 62.7 Å². The molecule has 3 atom stereocenters. The van der Waals surface area contributed by atoms with Gasteiger partial charge in [0.1, 0.15) is 5.75 Å². The van der Waals surface area contributed by atoms with E-state index in [0.29, 0.717) is 17.3 Å². The number of hydrogen-bond acceptors (Lipinski definition) is 8. The lowest BCUT2D eigenvalue weighted by Crippen LogP contribution is -2.50. The molecule has 1 fully saturated rings. The van der Waals surface area contributed by atoms with Gasteiger partial charge in [0.25, 0.3) is 0 Å². The summed E-state index contributed by atoms with van der Waals surface area (Å²) in [6.45, 7) is 3.91. The Morgan fingerprint density at radius 3 is 3.00 bits per heavy atom. The summed E-state index contributed by atoms with van der Waals surface area (Å²) in [5, 5.41) is 16.4. The number of methoxy groups -OCH3 is 1. The summed E-state index contributed by atoms with van der Waals surface area (Å²) < 4.78 is 5.63. The highest BCUT2D eigenvalue weighted by Gasteiger charge is 2.39. The van der Waals surface area contributed by atoms with E-state index in [4.69, 9.17) is 10.5 Å². The van der Waals surface area contributed by atoms with Gasteiger partial charge < -0.3 is 15.8 Å². The Kier molecular flexibility index (Phi) is 5.77. The maximum atomic E-state index is 12.5. The van der Waals surface area contributed by atoms with Gasteiger partial charge in [-0.1, -0.05) is 5.21 Å². The van der Waals surface area contributed by atoms with Gasteiger partial charge in [-0.05, 0) is 60.7 Å². The zero-order valence-corrected chi connectivity index (χ0v) is 18.8. The summed E-state index contributed by atoms with van der Waals surface area (Å²) >= 11 is 0. The number of anilines is 1.